The number of benzene rings is 1. The summed E-state index contributed by atoms with van der Waals surface area (Å²) < 4.78 is 5.78. The first kappa shape index (κ1) is 17.8. The maximum absolute atomic E-state index is 11.6. The van der Waals surface area contributed by atoms with Crippen LogP contribution in [0, 0.1) is 0 Å². The van der Waals surface area contributed by atoms with Gasteiger partial charge in [-0.3, -0.25) is 14.6 Å². The second-order valence-electron chi connectivity index (χ2n) is 6.39. The Morgan fingerprint density at radius 2 is 1.96 bits per heavy atom. The Labute approximate surface area is 152 Å². The first-order chi connectivity index (χ1) is 12.5. The van der Waals surface area contributed by atoms with E-state index in [1.807, 2.05) is 4.90 Å². The standard InChI is InChI=1S/C19H22N4O3/c1-13(24)21-16-5-7-17(8-6-16)26-19-11-20-10-18(22-19)15-4-3-9-23(12-15)14(2)25/h5-8,10-11,15H,3-4,9,12H2,1-2H3,(H,21,24). The van der Waals surface area contributed by atoms with Gasteiger partial charge in [0.05, 0.1) is 11.9 Å². The number of rotatable bonds is 4. The van der Waals surface area contributed by atoms with Crippen molar-refractivity contribution in [2.75, 3.05) is 18.4 Å². The molecule has 2 aromatic rings. The van der Waals surface area contributed by atoms with Crippen molar-refractivity contribution in [1.29, 1.82) is 0 Å². The third-order valence-corrected chi connectivity index (χ3v) is 4.31. The largest absolute Gasteiger partial charge is 0.437 e. The summed E-state index contributed by atoms with van der Waals surface area (Å²) in [6.07, 6.45) is 5.24. The average molecular weight is 354 g/mol. The number of amides is 2. The van der Waals surface area contributed by atoms with E-state index in [4.69, 9.17) is 4.74 Å². The molecule has 1 saturated heterocycles. The lowest BCUT2D eigenvalue weighted by Gasteiger charge is -2.31. The van der Waals surface area contributed by atoms with Gasteiger partial charge in [-0.15, -0.1) is 0 Å². The highest BCUT2D eigenvalue weighted by Gasteiger charge is 2.24. The lowest BCUT2D eigenvalue weighted by Crippen LogP contribution is -2.37. The van der Waals surface area contributed by atoms with E-state index in [1.54, 1.807) is 43.6 Å². The Kier molecular flexibility index (Phi) is 5.46. The minimum Gasteiger partial charge on any atom is -0.437 e. The molecule has 0 spiro atoms. The monoisotopic (exact) mass is 354 g/mol. The van der Waals surface area contributed by atoms with E-state index in [0.29, 0.717) is 23.9 Å². The molecule has 1 atom stereocenters. The molecular weight excluding hydrogens is 332 g/mol. The van der Waals surface area contributed by atoms with Crippen molar-refractivity contribution in [3.8, 4) is 11.6 Å². The van der Waals surface area contributed by atoms with Gasteiger partial charge in [-0.25, -0.2) is 4.98 Å². The van der Waals surface area contributed by atoms with Gasteiger partial charge in [0.2, 0.25) is 17.7 Å². The summed E-state index contributed by atoms with van der Waals surface area (Å²) in [7, 11) is 0. The Balaban J connectivity index is 1.69. The number of carbonyl (C=O) groups is 2. The smallest absolute Gasteiger partial charge is 0.238 e. The number of nitrogens with zero attached hydrogens (tertiary/aromatic N) is 3. The van der Waals surface area contributed by atoms with E-state index in [1.165, 1.54) is 6.92 Å². The van der Waals surface area contributed by atoms with Crippen molar-refractivity contribution in [2.45, 2.75) is 32.6 Å². The number of hydrogen-bond donors (Lipinski definition) is 1. The molecule has 1 aromatic heterocycles. The Morgan fingerprint density at radius 3 is 2.65 bits per heavy atom. The van der Waals surface area contributed by atoms with Crippen molar-refractivity contribution < 1.29 is 14.3 Å². The third-order valence-electron chi connectivity index (χ3n) is 4.31. The SMILES string of the molecule is CC(=O)Nc1ccc(Oc2cncc(C3CCCN(C(C)=O)C3)n2)cc1. The van der Waals surface area contributed by atoms with Crippen LogP contribution >= 0.6 is 0 Å². The second-order valence-corrected chi connectivity index (χ2v) is 6.39. The molecule has 1 aromatic carbocycles. The lowest BCUT2D eigenvalue weighted by molar-refractivity contribution is -0.130. The molecule has 1 fully saturated rings. The summed E-state index contributed by atoms with van der Waals surface area (Å²) in [5.41, 5.74) is 1.54. The van der Waals surface area contributed by atoms with Gasteiger partial charge in [0.25, 0.3) is 0 Å². The number of likely N-dealkylation sites (tertiary alicyclic amines) is 1. The highest BCUT2D eigenvalue weighted by atomic mass is 16.5. The maximum Gasteiger partial charge on any atom is 0.238 e. The quantitative estimate of drug-likeness (QED) is 0.912. The molecule has 7 heteroatoms. The van der Waals surface area contributed by atoms with Gasteiger partial charge in [-0.1, -0.05) is 0 Å². The van der Waals surface area contributed by atoms with E-state index in [9.17, 15) is 9.59 Å². The van der Waals surface area contributed by atoms with E-state index >= 15 is 0 Å². The fourth-order valence-electron chi connectivity index (χ4n) is 3.04. The number of piperidine rings is 1. The summed E-state index contributed by atoms with van der Waals surface area (Å²) in [4.78, 5) is 33.3. The molecule has 136 valence electrons. The molecular formula is C19H22N4O3. The Hall–Kier alpha value is -2.96. The van der Waals surface area contributed by atoms with Crippen LogP contribution < -0.4 is 10.1 Å². The van der Waals surface area contributed by atoms with Gasteiger partial charge >= 0.3 is 0 Å². The van der Waals surface area contributed by atoms with Crippen molar-refractivity contribution in [1.82, 2.24) is 14.9 Å². The van der Waals surface area contributed by atoms with E-state index in [2.05, 4.69) is 15.3 Å². The number of anilines is 1. The van der Waals surface area contributed by atoms with E-state index in [0.717, 1.165) is 25.1 Å². The van der Waals surface area contributed by atoms with Crippen LogP contribution in [0.4, 0.5) is 5.69 Å². The lowest BCUT2D eigenvalue weighted by atomic mass is 9.95. The predicted molar refractivity (Wildman–Crippen MR) is 97.1 cm³/mol. The fourth-order valence-corrected chi connectivity index (χ4v) is 3.04. The van der Waals surface area contributed by atoms with Crippen LogP contribution in [0.2, 0.25) is 0 Å². The van der Waals surface area contributed by atoms with Gasteiger partial charge in [0, 0.05) is 44.7 Å². The summed E-state index contributed by atoms with van der Waals surface area (Å²) in [5.74, 6) is 1.17. The molecule has 3 rings (SSSR count). The van der Waals surface area contributed by atoms with Crippen molar-refractivity contribution >= 4 is 17.5 Å². The number of hydrogen-bond acceptors (Lipinski definition) is 5. The Bertz CT molecular complexity index is 792. The van der Waals surface area contributed by atoms with E-state index < -0.39 is 0 Å². The first-order valence-corrected chi connectivity index (χ1v) is 8.64. The average Bonchev–Trinajstić information content (AvgIpc) is 2.63. The second kappa shape index (κ2) is 7.95. The molecule has 1 aliphatic rings. The number of nitrogens with one attached hydrogen (secondary N) is 1. The number of carbonyl (C=O) groups excluding carboxylic acids is 2. The van der Waals surface area contributed by atoms with Gasteiger partial charge < -0.3 is 15.0 Å². The molecule has 1 unspecified atom stereocenters. The van der Waals surface area contributed by atoms with Gasteiger partial charge in [0.15, 0.2) is 0 Å². The molecule has 0 bridgehead atoms. The summed E-state index contributed by atoms with van der Waals surface area (Å²) in [6.45, 7) is 4.52. The molecule has 0 saturated carbocycles. The van der Waals surface area contributed by atoms with Crippen LogP contribution in [0.5, 0.6) is 11.6 Å². The van der Waals surface area contributed by atoms with Crippen LogP contribution in [0.1, 0.15) is 38.3 Å². The van der Waals surface area contributed by atoms with Crippen LogP contribution in [-0.4, -0.2) is 39.8 Å². The zero-order chi connectivity index (χ0) is 18.5. The van der Waals surface area contributed by atoms with Gasteiger partial charge in [0.1, 0.15) is 5.75 Å². The highest BCUT2D eigenvalue weighted by Crippen LogP contribution is 2.27. The summed E-state index contributed by atoms with van der Waals surface area (Å²) in [6, 6.07) is 7.05. The van der Waals surface area contributed by atoms with Crippen LogP contribution in [0.3, 0.4) is 0 Å². The summed E-state index contributed by atoms with van der Waals surface area (Å²) in [5, 5.41) is 2.71. The molecule has 0 aliphatic carbocycles. The fraction of sp³-hybridized carbons (Fsp3) is 0.368. The van der Waals surface area contributed by atoms with Crippen LogP contribution in [0.25, 0.3) is 0 Å². The molecule has 1 aliphatic heterocycles. The van der Waals surface area contributed by atoms with E-state index in [-0.39, 0.29) is 17.7 Å². The van der Waals surface area contributed by atoms with Crippen molar-refractivity contribution in [3.63, 3.8) is 0 Å². The zero-order valence-corrected chi connectivity index (χ0v) is 14.9. The molecule has 0 radical (unpaired) electrons. The molecule has 2 amide bonds. The maximum atomic E-state index is 11.6. The molecule has 7 nitrogen and oxygen atoms in total. The predicted octanol–water partition coefficient (Wildman–Crippen LogP) is 2.95. The normalized spacial score (nSPS) is 16.8. The third kappa shape index (κ3) is 4.56. The van der Waals surface area contributed by atoms with Gasteiger partial charge in [-0.2, -0.15) is 0 Å². The zero-order valence-electron chi connectivity index (χ0n) is 14.9. The minimum atomic E-state index is -0.121. The first-order valence-electron chi connectivity index (χ1n) is 8.64. The minimum absolute atomic E-state index is 0.0920. The van der Waals surface area contributed by atoms with Crippen LogP contribution in [0.15, 0.2) is 36.7 Å². The van der Waals surface area contributed by atoms with Crippen molar-refractivity contribution in [2.24, 2.45) is 0 Å². The topological polar surface area (TPSA) is 84.4 Å². The Morgan fingerprint density at radius 1 is 1.19 bits per heavy atom. The number of ether oxygens (including phenoxy) is 1. The van der Waals surface area contributed by atoms with Crippen LogP contribution in [-0.2, 0) is 9.59 Å². The van der Waals surface area contributed by atoms with Crippen molar-refractivity contribution in [3.05, 3.63) is 42.4 Å². The number of aromatic nitrogens is 2. The molecule has 26 heavy (non-hydrogen) atoms. The highest BCUT2D eigenvalue weighted by molar-refractivity contribution is 5.88. The summed E-state index contributed by atoms with van der Waals surface area (Å²) >= 11 is 0. The molecule has 1 N–H and O–H groups in total. The molecule has 2 heterocycles. The van der Waals surface area contributed by atoms with Gasteiger partial charge in [-0.05, 0) is 37.1 Å².